The minimum absolute atomic E-state index is 0.0419. The summed E-state index contributed by atoms with van der Waals surface area (Å²) in [6.07, 6.45) is 0.999. The van der Waals surface area contributed by atoms with E-state index in [1.165, 1.54) is 0 Å². The average Bonchev–Trinajstić information content (AvgIpc) is 2.39. The van der Waals surface area contributed by atoms with Gasteiger partial charge in [0.1, 0.15) is 0 Å². The fourth-order valence-electron chi connectivity index (χ4n) is 2.15. The number of halogens is 2. The quantitative estimate of drug-likeness (QED) is 0.736. The smallest absolute Gasteiger partial charge is 0.288 e. The molecule has 0 aromatic rings. The third-order valence-corrected chi connectivity index (χ3v) is 3.50. The lowest BCUT2D eigenvalue weighted by Gasteiger charge is -2.27. The summed E-state index contributed by atoms with van der Waals surface area (Å²) >= 11 is 0. The van der Waals surface area contributed by atoms with Gasteiger partial charge in [0.25, 0.3) is 5.92 Å². The van der Waals surface area contributed by atoms with E-state index in [-0.39, 0.29) is 18.2 Å². The van der Waals surface area contributed by atoms with E-state index in [0.29, 0.717) is 12.5 Å². The van der Waals surface area contributed by atoms with E-state index >= 15 is 0 Å². The molecule has 0 spiro atoms. The Bertz CT molecular complexity index is 277. The Morgan fingerprint density at radius 2 is 2.12 bits per heavy atom. The lowest BCUT2D eigenvalue weighted by Crippen LogP contribution is -2.36. The first-order chi connectivity index (χ1) is 7.74. The minimum Gasteiger partial charge on any atom is -0.369 e. The number of likely N-dealkylation sites (N-methyl/N-ethyl adjacent to an activating group) is 2. The Hall–Kier alpha value is -0.640. The Kier molecular flexibility index (Phi) is 4.53. The standard InChI is InChI=1S/C13H24F2N2/c1-10(2)6-7-16(4)9-12-8-13(14,15)11(3)17(12)5/h10,12H,3,6-9H2,1-2,4-5H3/t12-/m0/s1. The summed E-state index contributed by atoms with van der Waals surface area (Å²) in [5.74, 6) is -2.08. The van der Waals surface area contributed by atoms with Crippen LogP contribution in [0.5, 0.6) is 0 Å². The van der Waals surface area contributed by atoms with Crippen LogP contribution in [0.15, 0.2) is 12.3 Å². The predicted octanol–water partition coefficient (Wildman–Crippen LogP) is 2.82. The van der Waals surface area contributed by atoms with Crippen molar-refractivity contribution in [2.75, 3.05) is 27.2 Å². The highest BCUT2D eigenvalue weighted by molar-refractivity contribution is 5.15. The monoisotopic (exact) mass is 246 g/mol. The summed E-state index contributed by atoms with van der Waals surface area (Å²) in [6, 6.07) is -0.116. The molecule has 0 amide bonds. The van der Waals surface area contributed by atoms with Crippen LogP contribution in [0.3, 0.4) is 0 Å². The summed E-state index contributed by atoms with van der Waals surface area (Å²) < 4.78 is 26.9. The number of hydrogen-bond donors (Lipinski definition) is 0. The Morgan fingerprint density at radius 3 is 2.53 bits per heavy atom. The molecule has 4 heteroatoms. The molecule has 1 rings (SSSR count). The van der Waals surface area contributed by atoms with Gasteiger partial charge in [-0.1, -0.05) is 20.4 Å². The number of alkyl halides is 2. The van der Waals surface area contributed by atoms with Crippen molar-refractivity contribution in [1.29, 1.82) is 0 Å². The molecule has 0 N–H and O–H groups in total. The van der Waals surface area contributed by atoms with Crippen LogP contribution in [0, 0.1) is 5.92 Å². The summed E-state index contributed by atoms with van der Waals surface area (Å²) in [4.78, 5) is 3.77. The highest BCUT2D eigenvalue weighted by Crippen LogP contribution is 2.39. The van der Waals surface area contributed by atoms with Crippen LogP contribution in [0.1, 0.15) is 26.7 Å². The van der Waals surface area contributed by atoms with Crippen LogP contribution in [-0.2, 0) is 0 Å². The minimum atomic E-state index is -2.72. The maximum Gasteiger partial charge on any atom is 0.288 e. The highest BCUT2D eigenvalue weighted by Gasteiger charge is 2.46. The Labute approximate surface area is 103 Å². The van der Waals surface area contributed by atoms with Crippen LogP contribution in [-0.4, -0.2) is 48.9 Å². The Morgan fingerprint density at radius 1 is 1.53 bits per heavy atom. The van der Waals surface area contributed by atoms with Gasteiger partial charge in [0.05, 0.1) is 5.70 Å². The zero-order valence-electron chi connectivity index (χ0n) is 11.3. The van der Waals surface area contributed by atoms with Crippen molar-refractivity contribution in [3.8, 4) is 0 Å². The Balaban J connectivity index is 2.45. The molecule has 1 fully saturated rings. The summed E-state index contributed by atoms with van der Waals surface area (Å²) in [5.41, 5.74) is -0.0419. The fourth-order valence-corrected chi connectivity index (χ4v) is 2.15. The number of likely N-dealkylation sites (tertiary alicyclic amines) is 1. The molecule has 17 heavy (non-hydrogen) atoms. The molecule has 0 radical (unpaired) electrons. The van der Waals surface area contributed by atoms with Crippen LogP contribution in [0.25, 0.3) is 0 Å². The van der Waals surface area contributed by atoms with Gasteiger partial charge in [0, 0.05) is 26.1 Å². The average molecular weight is 246 g/mol. The lowest BCUT2D eigenvalue weighted by molar-refractivity contribution is 0.0439. The molecule has 1 atom stereocenters. The largest absolute Gasteiger partial charge is 0.369 e. The second kappa shape index (κ2) is 5.34. The SMILES string of the molecule is C=C1N(C)[C@H](CN(C)CCC(C)C)CC1(F)F. The number of hydrogen-bond acceptors (Lipinski definition) is 2. The van der Waals surface area contributed by atoms with Crippen LogP contribution in [0.2, 0.25) is 0 Å². The predicted molar refractivity (Wildman–Crippen MR) is 67.2 cm³/mol. The number of allylic oxidation sites excluding steroid dienone is 1. The molecule has 2 nitrogen and oxygen atoms in total. The van der Waals surface area contributed by atoms with Gasteiger partial charge in [0.2, 0.25) is 0 Å². The van der Waals surface area contributed by atoms with E-state index in [1.807, 2.05) is 7.05 Å². The molecule has 1 aliphatic rings. The maximum atomic E-state index is 13.4. The molecule has 1 saturated heterocycles. The van der Waals surface area contributed by atoms with Crippen molar-refractivity contribution in [3.63, 3.8) is 0 Å². The molecule has 1 aliphatic heterocycles. The first-order valence-electron chi connectivity index (χ1n) is 6.22. The maximum absolute atomic E-state index is 13.4. The molecular formula is C13H24F2N2. The molecule has 1 heterocycles. The molecule has 0 aromatic carbocycles. The number of nitrogens with zero attached hydrogens (tertiary/aromatic N) is 2. The van der Waals surface area contributed by atoms with E-state index in [1.54, 1.807) is 11.9 Å². The summed E-state index contributed by atoms with van der Waals surface area (Å²) in [5, 5.41) is 0. The normalized spacial score (nSPS) is 24.1. The second-order valence-corrected chi connectivity index (χ2v) is 5.56. The van der Waals surface area contributed by atoms with Crippen molar-refractivity contribution in [3.05, 3.63) is 12.3 Å². The van der Waals surface area contributed by atoms with Crippen molar-refractivity contribution in [2.45, 2.75) is 38.7 Å². The lowest BCUT2D eigenvalue weighted by atomic mass is 10.1. The van der Waals surface area contributed by atoms with Crippen LogP contribution >= 0.6 is 0 Å². The molecule has 0 saturated carbocycles. The summed E-state index contributed by atoms with van der Waals surface area (Å²) in [7, 11) is 3.71. The van der Waals surface area contributed by atoms with E-state index in [2.05, 4.69) is 25.3 Å². The molecule has 0 unspecified atom stereocenters. The highest BCUT2D eigenvalue weighted by atomic mass is 19.3. The first-order valence-corrected chi connectivity index (χ1v) is 6.22. The van der Waals surface area contributed by atoms with Crippen LogP contribution in [0.4, 0.5) is 8.78 Å². The van der Waals surface area contributed by atoms with Gasteiger partial charge >= 0.3 is 0 Å². The van der Waals surface area contributed by atoms with Gasteiger partial charge in [-0.3, -0.25) is 0 Å². The van der Waals surface area contributed by atoms with Crippen LogP contribution < -0.4 is 0 Å². The number of rotatable bonds is 5. The van der Waals surface area contributed by atoms with Gasteiger partial charge in [-0.05, 0) is 25.9 Å². The van der Waals surface area contributed by atoms with Crippen molar-refractivity contribution in [1.82, 2.24) is 9.80 Å². The van der Waals surface area contributed by atoms with Gasteiger partial charge in [0.15, 0.2) is 0 Å². The van der Waals surface area contributed by atoms with Crippen molar-refractivity contribution >= 4 is 0 Å². The van der Waals surface area contributed by atoms with Crippen molar-refractivity contribution < 1.29 is 8.78 Å². The van der Waals surface area contributed by atoms with Gasteiger partial charge in [-0.15, -0.1) is 0 Å². The molecule has 0 bridgehead atoms. The molecular weight excluding hydrogens is 222 g/mol. The van der Waals surface area contributed by atoms with Crippen molar-refractivity contribution in [2.24, 2.45) is 5.92 Å². The second-order valence-electron chi connectivity index (χ2n) is 5.56. The van der Waals surface area contributed by atoms with E-state index < -0.39 is 5.92 Å². The van der Waals surface area contributed by atoms with E-state index in [9.17, 15) is 8.78 Å². The third-order valence-electron chi connectivity index (χ3n) is 3.50. The topological polar surface area (TPSA) is 6.48 Å². The first kappa shape index (κ1) is 14.4. The van der Waals surface area contributed by atoms with Gasteiger partial charge in [-0.25, -0.2) is 0 Å². The summed E-state index contributed by atoms with van der Waals surface area (Å²) in [6.45, 7) is 9.46. The fraction of sp³-hybridized carbons (Fsp3) is 0.846. The van der Waals surface area contributed by atoms with Gasteiger partial charge in [-0.2, -0.15) is 8.78 Å². The zero-order chi connectivity index (χ0) is 13.2. The molecule has 100 valence electrons. The van der Waals surface area contributed by atoms with Gasteiger partial charge < -0.3 is 9.80 Å². The van der Waals surface area contributed by atoms with E-state index in [4.69, 9.17) is 0 Å². The molecule has 0 aliphatic carbocycles. The molecule has 0 aromatic heterocycles. The third kappa shape index (κ3) is 3.66. The zero-order valence-corrected chi connectivity index (χ0v) is 11.3. The van der Waals surface area contributed by atoms with E-state index in [0.717, 1.165) is 13.0 Å².